The summed E-state index contributed by atoms with van der Waals surface area (Å²) in [5.74, 6) is -2.13. The van der Waals surface area contributed by atoms with Gasteiger partial charge in [0.25, 0.3) is 11.7 Å². The lowest BCUT2D eigenvalue weighted by Crippen LogP contribution is -2.29. The number of rotatable bonds is 5. The minimum Gasteiger partial charge on any atom is -0.507 e. The van der Waals surface area contributed by atoms with E-state index in [1.807, 2.05) is 26.0 Å². The second-order valence-corrected chi connectivity index (χ2v) is 8.28. The number of esters is 1. The number of amides is 1. The molecule has 4 rings (SSSR count). The molecule has 1 fully saturated rings. The highest BCUT2D eigenvalue weighted by Gasteiger charge is 2.47. The Bertz CT molecular complexity index is 1360. The Morgan fingerprint density at radius 3 is 2.31 bits per heavy atom. The summed E-state index contributed by atoms with van der Waals surface area (Å²) in [6.07, 6.45) is 0. The molecule has 7 heteroatoms. The van der Waals surface area contributed by atoms with Crippen molar-refractivity contribution in [3.63, 3.8) is 0 Å². The van der Waals surface area contributed by atoms with Crippen molar-refractivity contribution in [3.8, 4) is 5.75 Å². The third kappa shape index (κ3) is 4.17. The van der Waals surface area contributed by atoms with Crippen LogP contribution in [0, 0.1) is 13.8 Å². The maximum Gasteiger partial charge on any atom is 0.337 e. The van der Waals surface area contributed by atoms with Crippen molar-refractivity contribution in [2.24, 2.45) is 0 Å². The Kier molecular flexibility index (Phi) is 6.42. The van der Waals surface area contributed by atoms with Crippen LogP contribution in [0.3, 0.4) is 0 Å². The molecule has 0 saturated carbocycles. The second kappa shape index (κ2) is 9.46. The van der Waals surface area contributed by atoms with Crippen molar-refractivity contribution in [1.82, 2.24) is 0 Å². The van der Waals surface area contributed by atoms with E-state index in [2.05, 4.69) is 0 Å². The van der Waals surface area contributed by atoms with Gasteiger partial charge in [0.15, 0.2) is 0 Å². The topological polar surface area (TPSA) is 93.1 Å². The van der Waals surface area contributed by atoms with E-state index in [1.165, 1.54) is 25.2 Å². The molecule has 1 atom stereocenters. The maximum atomic E-state index is 13.4. The lowest BCUT2D eigenvalue weighted by molar-refractivity contribution is -0.132. The van der Waals surface area contributed by atoms with Gasteiger partial charge in [0.2, 0.25) is 0 Å². The highest BCUT2D eigenvalue weighted by Crippen LogP contribution is 2.44. The predicted molar refractivity (Wildman–Crippen MR) is 131 cm³/mol. The molecule has 1 N–H and O–H groups in total. The summed E-state index contributed by atoms with van der Waals surface area (Å²) in [7, 11) is 2.75. The highest BCUT2D eigenvalue weighted by atomic mass is 16.5. The number of methoxy groups -OCH3 is 2. The van der Waals surface area contributed by atoms with E-state index < -0.39 is 23.7 Å². The van der Waals surface area contributed by atoms with Gasteiger partial charge in [-0.05, 0) is 54.8 Å². The molecule has 0 spiro atoms. The third-order valence-electron chi connectivity index (χ3n) is 5.98. The van der Waals surface area contributed by atoms with Crippen LogP contribution in [-0.4, -0.2) is 37.0 Å². The number of benzene rings is 3. The van der Waals surface area contributed by atoms with Crippen LogP contribution in [-0.2, 0) is 14.3 Å². The molecule has 0 bridgehead atoms. The van der Waals surface area contributed by atoms with Gasteiger partial charge in [0.1, 0.15) is 11.5 Å². The number of carbonyl (C=O) groups excluding carboxylic acids is 3. The number of aliphatic hydroxyl groups excluding tert-OH is 1. The number of anilines is 1. The molecular formula is C28H25NO6. The summed E-state index contributed by atoms with van der Waals surface area (Å²) >= 11 is 0. The summed E-state index contributed by atoms with van der Waals surface area (Å²) in [6.45, 7) is 3.71. The quantitative estimate of drug-likeness (QED) is 0.250. The van der Waals surface area contributed by atoms with Crippen molar-refractivity contribution >= 4 is 29.1 Å². The number of ketones is 1. The largest absolute Gasteiger partial charge is 0.507 e. The van der Waals surface area contributed by atoms with E-state index in [0.29, 0.717) is 22.6 Å². The summed E-state index contributed by atoms with van der Waals surface area (Å²) in [5, 5.41) is 11.5. The molecular weight excluding hydrogens is 446 g/mol. The lowest BCUT2D eigenvalue weighted by Gasteiger charge is -2.26. The zero-order valence-corrected chi connectivity index (χ0v) is 19.9. The van der Waals surface area contributed by atoms with Crippen LogP contribution in [0.25, 0.3) is 5.76 Å². The first-order valence-electron chi connectivity index (χ1n) is 11.0. The molecule has 0 aliphatic carbocycles. The van der Waals surface area contributed by atoms with E-state index in [4.69, 9.17) is 9.47 Å². The average molecular weight is 472 g/mol. The zero-order valence-electron chi connectivity index (χ0n) is 19.9. The van der Waals surface area contributed by atoms with Gasteiger partial charge < -0.3 is 14.6 Å². The van der Waals surface area contributed by atoms with Crippen LogP contribution in [0.15, 0.2) is 72.3 Å². The van der Waals surface area contributed by atoms with E-state index in [0.717, 1.165) is 11.1 Å². The highest BCUT2D eigenvalue weighted by molar-refractivity contribution is 6.51. The van der Waals surface area contributed by atoms with Gasteiger partial charge in [-0.15, -0.1) is 0 Å². The SMILES string of the molecule is COC(=O)c1cccc(N2C(=O)C(=O)/C(=C(/O)c3cc(C)cc(C)c3OC)C2c2ccccc2)c1. The van der Waals surface area contributed by atoms with Crippen LogP contribution >= 0.6 is 0 Å². The molecule has 178 valence electrons. The molecule has 3 aromatic rings. The van der Waals surface area contributed by atoms with Gasteiger partial charge in [-0.2, -0.15) is 0 Å². The lowest BCUT2D eigenvalue weighted by atomic mass is 9.93. The molecule has 0 aromatic heterocycles. The summed E-state index contributed by atoms with van der Waals surface area (Å²) < 4.78 is 10.3. The molecule has 1 aliphatic rings. The molecule has 1 aliphatic heterocycles. The average Bonchev–Trinajstić information content (AvgIpc) is 3.13. The minimum atomic E-state index is -0.922. The number of Topliss-reactive ketones (excluding diaryl/α,β-unsaturated/α-hetero) is 1. The van der Waals surface area contributed by atoms with Gasteiger partial charge >= 0.3 is 5.97 Å². The van der Waals surface area contributed by atoms with Crippen molar-refractivity contribution < 1.29 is 29.0 Å². The first-order chi connectivity index (χ1) is 16.8. The molecule has 1 unspecified atom stereocenters. The monoisotopic (exact) mass is 471 g/mol. The van der Waals surface area contributed by atoms with Crippen molar-refractivity contribution in [2.45, 2.75) is 19.9 Å². The smallest absolute Gasteiger partial charge is 0.337 e. The van der Waals surface area contributed by atoms with Crippen LogP contribution in [0.2, 0.25) is 0 Å². The maximum absolute atomic E-state index is 13.4. The Hall–Kier alpha value is -4.39. The molecule has 7 nitrogen and oxygen atoms in total. The summed E-state index contributed by atoms with van der Waals surface area (Å²) in [5.41, 5.74) is 3.09. The molecule has 1 saturated heterocycles. The number of hydrogen-bond acceptors (Lipinski definition) is 6. The molecule has 0 radical (unpaired) electrons. The zero-order chi connectivity index (χ0) is 25.3. The minimum absolute atomic E-state index is 0.0621. The van der Waals surface area contributed by atoms with Crippen molar-refractivity contribution in [2.75, 3.05) is 19.1 Å². The number of aliphatic hydroxyl groups is 1. The molecule has 1 heterocycles. The Morgan fingerprint density at radius 1 is 0.943 bits per heavy atom. The third-order valence-corrected chi connectivity index (χ3v) is 5.98. The fourth-order valence-electron chi connectivity index (χ4n) is 4.50. The van der Waals surface area contributed by atoms with Gasteiger partial charge in [0, 0.05) is 5.69 Å². The van der Waals surface area contributed by atoms with Crippen molar-refractivity contribution in [1.29, 1.82) is 0 Å². The van der Waals surface area contributed by atoms with Crippen LogP contribution in [0.5, 0.6) is 5.75 Å². The predicted octanol–water partition coefficient (Wildman–Crippen LogP) is 4.72. The Morgan fingerprint density at radius 2 is 1.66 bits per heavy atom. The first-order valence-corrected chi connectivity index (χ1v) is 11.0. The van der Waals surface area contributed by atoms with Gasteiger partial charge in [-0.1, -0.05) is 42.5 Å². The summed E-state index contributed by atoms with van der Waals surface area (Å²) in [4.78, 5) is 40.2. The number of ether oxygens (including phenoxy) is 2. The summed E-state index contributed by atoms with van der Waals surface area (Å²) in [6, 6.07) is 17.9. The first kappa shape index (κ1) is 23.8. The number of carbonyl (C=O) groups is 3. The fourth-order valence-corrected chi connectivity index (χ4v) is 4.50. The molecule has 3 aromatic carbocycles. The molecule has 1 amide bonds. The van der Waals surface area contributed by atoms with Crippen LogP contribution in [0.4, 0.5) is 5.69 Å². The fraction of sp³-hybridized carbons (Fsp3) is 0.179. The number of hydrogen-bond donors (Lipinski definition) is 1. The standard InChI is InChI=1S/C28H25NO6/c1-16-13-17(2)26(34-3)21(14-16)24(30)22-23(18-9-6-5-7-10-18)29(27(32)25(22)31)20-12-8-11-19(15-20)28(33)35-4/h5-15,23,30H,1-4H3/b24-22+. The molecule has 35 heavy (non-hydrogen) atoms. The normalized spacial score (nSPS) is 16.9. The second-order valence-electron chi connectivity index (χ2n) is 8.28. The van der Waals surface area contributed by atoms with E-state index >= 15 is 0 Å². The van der Waals surface area contributed by atoms with Crippen molar-refractivity contribution in [3.05, 3.63) is 100 Å². The Labute approximate surface area is 203 Å². The van der Waals surface area contributed by atoms with Crippen LogP contribution < -0.4 is 9.64 Å². The van der Waals surface area contributed by atoms with Gasteiger partial charge in [-0.25, -0.2) is 4.79 Å². The van der Waals surface area contributed by atoms with E-state index in [9.17, 15) is 19.5 Å². The van der Waals surface area contributed by atoms with Crippen LogP contribution in [0.1, 0.15) is 38.7 Å². The van der Waals surface area contributed by atoms with Gasteiger partial charge in [0.05, 0.1) is 37.0 Å². The number of nitrogens with zero attached hydrogens (tertiary/aromatic N) is 1. The van der Waals surface area contributed by atoms with E-state index in [1.54, 1.807) is 48.5 Å². The Balaban J connectivity index is 1.98. The van der Waals surface area contributed by atoms with Gasteiger partial charge in [-0.3, -0.25) is 14.5 Å². The number of aryl methyl sites for hydroxylation is 2. The van der Waals surface area contributed by atoms with E-state index in [-0.39, 0.29) is 16.9 Å².